The van der Waals surface area contributed by atoms with Crippen LogP contribution in [0.3, 0.4) is 0 Å². The summed E-state index contributed by atoms with van der Waals surface area (Å²) < 4.78 is 5.15. The molecule has 0 amide bonds. The van der Waals surface area contributed by atoms with Crippen molar-refractivity contribution in [3.63, 3.8) is 0 Å². The highest BCUT2D eigenvalue weighted by molar-refractivity contribution is 7.10. The molecule has 0 radical (unpaired) electrons. The Hall–Kier alpha value is -1.23. The Bertz CT molecular complexity index is 622. The lowest BCUT2D eigenvalue weighted by Crippen LogP contribution is -2.18. The van der Waals surface area contributed by atoms with Gasteiger partial charge in [0.05, 0.1) is 6.04 Å². The molecule has 0 saturated heterocycles. The van der Waals surface area contributed by atoms with E-state index < -0.39 is 0 Å². The molecule has 0 aliphatic carbocycles. The lowest BCUT2D eigenvalue weighted by atomic mass is 10.1. The minimum Gasteiger partial charge on any atom is -0.463 e. The van der Waals surface area contributed by atoms with Crippen molar-refractivity contribution in [3.05, 3.63) is 50.1 Å². The van der Waals surface area contributed by atoms with Gasteiger partial charge < -0.3 is 10.1 Å². The SMILES string of the molecule is CC(=O)OCC(Nc1cc(Cl)cc(Cl)c1)c1sccc1C. The molecule has 0 aliphatic heterocycles. The molecule has 3 nitrogen and oxygen atoms in total. The van der Waals surface area contributed by atoms with Crippen molar-refractivity contribution in [2.24, 2.45) is 0 Å². The Balaban J connectivity index is 2.23. The van der Waals surface area contributed by atoms with E-state index in [1.54, 1.807) is 29.5 Å². The van der Waals surface area contributed by atoms with Crippen LogP contribution in [0.2, 0.25) is 10.0 Å². The zero-order chi connectivity index (χ0) is 15.4. The number of hydrogen-bond donors (Lipinski definition) is 1. The van der Waals surface area contributed by atoms with Gasteiger partial charge in [-0.2, -0.15) is 0 Å². The molecule has 6 heteroatoms. The van der Waals surface area contributed by atoms with Crippen LogP contribution < -0.4 is 5.32 Å². The van der Waals surface area contributed by atoms with E-state index in [1.165, 1.54) is 6.92 Å². The second-order valence-corrected chi connectivity index (χ2v) is 6.45. The molecule has 1 heterocycles. The number of halogens is 2. The smallest absolute Gasteiger partial charge is 0.302 e. The van der Waals surface area contributed by atoms with Crippen molar-refractivity contribution in [2.45, 2.75) is 19.9 Å². The first kappa shape index (κ1) is 16.1. The lowest BCUT2D eigenvalue weighted by molar-refractivity contribution is -0.141. The molecule has 0 saturated carbocycles. The van der Waals surface area contributed by atoms with Gasteiger partial charge in [-0.25, -0.2) is 0 Å². The third-order valence-electron chi connectivity index (χ3n) is 2.87. The van der Waals surface area contributed by atoms with Gasteiger partial charge in [0.1, 0.15) is 6.61 Å². The van der Waals surface area contributed by atoms with Crippen LogP contribution in [0.1, 0.15) is 23.4 Å². The van der Waals surface area contributed by atoms with Gasteiger partial charge in [-0.1, -0.05) is 23.2 Å². The predicted octanol–water partition coefficient (Wildman–Crippen LogP) is 5.08. The molecule has 2 rings (SSSR count). The molecular formula is C15H15Cl2NO2S. The van der Waals surface area contributed by atoms with Crippen LogP contribution in [0.4, 0.5) is 5.69 Å². The first-order valence-corrected chi connectivity index (χ1v) is 7.99. The quantitative estimate of drug-likeness (QED) is 0.769. The van der Waals surface area contributed by atoms with E-state index in [0.717, 1.165) is 16.1 Å². The Kier molecular flexibility index (Phi) is 5.51. The fourth-order valence-corrected chi connectivity index (χ4v) is 3.45. The highest BCUT2D eigenvalue weighted by Gasteiger charge is 2.17. The van der Waals surface area contributed by atoms with Gasteiger partial charge in [0.25, 0.3) is 0 Å². The summed E-state index contributed by atoms with van der Waals surface area (Å²) in [5, 5.41) is 6.45. The number of anilines is 1. The molecule has 0 aliphatic rings. The van der Waals surface area contributed by atoms with E-state index in [9.17, 15) is 4.79 Å². The first-order chi connectivity index (χ1) is 9.95. The van der Waals surface area contributed by atoms with Gasteiger partial charge in [-0.3, -0.25) is 4.79 Å². The van der Waals surface area contributed by atoms with Crippen LogP contribution in [0.25, 0.3) is 0 Å². The van der Waals surface area contributed by atoms with Crippen LogP contribution in [0.15, 0.2) is 29.6 Å². The molecule has 2 aromatic rings. The second kappa shape index (κ2) is 7.16. The van der Waals surface area contributed by atoms with Crippen molar-refractivity contribution < 1.29 is 9.53 Å². The molecule has 1 atom stereocenters. The van der Waals surface area contributed by atoms with Gasteiger partial charge in [0.2, 0.25) is 0 Å². The van der Waals surface area contributed by atoms with Gasteiger partial charge in [0, 0.05) is 27.5 Å². The Morgan fingerprint density at radius 1 is 1.33 bits per heavy atom. The van der Waals surface area contributed by atoms with E-state index in [1.807, 2.05) is 18.4 Å². The summed E-state index contributed by atoms with van der Waals surface area (Å²) >= 11 is 13.6. The van der Waals surface area contributed by atoms with Crippen LogP contribution in [0.5, 0.6) is 0 Å². The number of esters is 1. The molecular weight excluding hydrogens is 329 g/mol. The van der Waals surface area contributed by atoms with Crippen LogP contribution >= 0.6 is 34.5 Å². The van der Waals surface area contributed by atoms with E-state index in [-0.39, 0.29) is 18.6 Å². The summed E-state index contributed by atoms with van der Waals surface area (Å²) in [5.41, 5.74) is 1.94. The van der Waals surface area contributed by atoms with Gasteiger partial charge >= 0.3 is 5.97 Å². The van der Waals surface area contributed by atoms with E-state index >= 15 is 0 Å². The fourth-order valence-electron chi connectivity index (χ4n) is 1.96. The van der Waals surface area contributed by atoms with Crippen molar-refractivity contribution in [2.75, 3.05) is 11.9 Å². The number of aryl methyl sites for hydroxylation is 1. The van der Waals surface area contributed by atoms with E-state index in [4.69, 9.17) is 27.9 Å². The number of benzene rings is 1. The molecule has 1 N–H and O–H groups in total. The molecule has 112 valence electrons. The highest BCUT2D eigenvalue weighted by Crippen LogP contribution is 2.30. The van der Waals surface area contributed by atoms with Crippen molar-refractivity contribution >= 4 is 46.2 Å². The zero-order valence-corrected chi connectivity index (χ0v) is 14.0. The standard InChI is InChI=1S/C15H15Cl2NO2S/c1-9-3-4-21-15(9)14(8-20-10(2)19)18-13-6-11(16)5-12(17)7-13/h3-7,14,18H,8H2,1-2H3. The minimum atomic E-state index is -0.305. The van der Waals surface area contributed by atoms with Gasteiger partial charge in [-0.05, 0) is 42.1 Å². The van der Waals surface area contributed by atoms with E-state index in [2.05, 4.69) is 5.32 Å². The van der Waals surface area contributed by atoms with Crippen LogP contribution in [-0.2, 0) is 9.53 Å². The lowest BCUT2D eigenvalue weighted by Gasteiger charge is -2.20. The topological polar surface area (TPSA) is 38.3 Å². The second-order valence-electron chi connectivity index (χ2n) is 4.63. The molecule has 1 aromatic carbocycles. The summed E-state index contributed by atoms with van der Waals surface area (Å²) in [6.07, 6.45) is 0. The maximum absolute atomic E-state index is 11.1. The Morgan fingerprint density at radius 3 is 2.52 bits per heavy atom. The summed E-state index contributed by atoms with van der Waals surface area (Å²) in [4.78, 5) is 12.2. The minimum absolute atomic E-state index is 0.136. The molecule has 0 fully saturated rings. The number of thiophene rings is 1. The van der Waals surface area contributed by atoms with Crippen LogP contribution in [0, 0.1) is 6.92 Å². The number of nitrogens with one attached hydrogen (secondary N) is 1. The van der Waals surface area contributed by atoms with Crippen LogP contribution in [-0.4, -0.2) is 12.6 Å². The predicted molar refractivity (Wildman–Crippen MR) is 88.5 cm³/mol. The third kappa shape index (κ3) is 4.63. The molecule has 1 unspecified atom stereocenters. The van der Waals surface area contributed by atoms with Crippen molar-refractivity contribution in [1.29, 1.82) is 0 Å². The number of ether oxygens (including phenoxy) is 1. The van der Waals surface area contributed by atoms with Crippen molar-refractivity contribution in [3.8, 4) is 0 Å². The summed E-state index contributed by atoms with van der Waals surface area (Å²) in [6.45, 7) is 3.68. The summed E-state index contributed by atoms with van der Waals surface area (Å²) in [6, 6.07) is 7.15. The molecule has 0 bridgehead atoms. The fraction of sp³-hybridized carbons (Fsp3) is 0.267. The molecule has 21 heavy (non-hydrogen) atoms. The maximum atomic E-state index is 11.1. The Morgan fingerprint density at radius 2 is 2.00 bits per heavy atom. The normalized spacial score (nSPS) is 12.0. The maximum Gasteiger partial charge on any atom is 0.302 e. The Labute approximate surface area is 137 Å². The summed E-state index contributed by atoms with van der Waals surface area (Å²) in [5.74, 6) is -0.305. The number of carbonyl (C=O) groups is 1. The number of rotatable bonds is 5. The number of hydrogen-bond acceptors (Lipinski definition) is 4. The largest absolute Gasteiger partial charge is 0.463 e. The zero-order valence-electron chi connectivity index (χ0n) is 11.7. The molecule has 1 aromatic heterocycles. The third-order valence-corrected chi connectivity index (χ3v) is 4.44. The average Bonchev–Trinajstić information content (AvgIpc) is 2.79. The van der Waals surface area contributed by atoms with Crippen molar-refractivity contribution in [1.82, 2.24) is 0 Å². The average molecular weight is 344 g/mol. The monoisotopic (exact) mass is 343 g/mol. The number of carbonyl (C=O) groups excluding carboxylic acids is 1. The summed E-state index contributed by atoms with van der Waals surface area (Å²) in [7, 11) is 0. The van der Waals surface area contributed by atoms with Gasteiger partial charge in [0.15, 0.2) is 0 Å². The molecule has 0 spiro atoms. The van der Waals surface area contributed by atoms with E-state index in [0.29, 0.717) is 10.0 Å². The highest BCUT2D eigenvalue weighted by atomic mass is 35.5. The first-order valence-electron chi connectivity index (χ1n) is 6.35. The van der Waals surface area contributed by atoms with Gasteiger partial charge in [-0.15, -0.1) is 11.3 Å².